The van der Waals surface area contributed by atoms with Crippen LogP contribution in [0.4, 0.5) is 13.2 Å². The minimum Gasteiger partial charge on any atom is -0.330 e. The van der Waals surface area contributed by atoms with Gasteiger partial charge in [0, 0.05) is 26.2 Å². The summed E-state index contributed by atoms with van der Waals surface area (Å²) in [6.07, 6.45) is -3.87. The first kappa shape index (κ1) is 15.7. The van der Waals surface area contributed by atoms with Crippen molar-refractivity contribution in [2.75, 3.05) is 45.0 Å². The van der Waals surface area contributed by atoms with Crippen molar-refractivity contribution in [1.82, 2.24) is 9.21 Å². The highest BCUT2D eigenvalue weighted by Gasteiger charge is 2.34. The third kappa shape index (κ3) is 5.09. The summed E-state index contributed by atoms with van der Waals surface area (Å²) in [6, 6.07) is 0. The Morgan fingerprint density at radius 1 is 1.11 bits per heavy atom. The molecule has 0 aromatic heterocycles. The van der Waals surface area contributed by atoms with Crippen LogP contribution in [0.15, 0.2) is 0 Å². The number of nitrogens with zero attached hydrogens (tertiary/aromatic N) is 2. The molecule has 0 aliphatic carbocycles. The largest absolute Gasteiger partial charge is 0.401 e. The molecule has 1 rings (SSSR count). The van der Waals surface area contributed by atoms with Crippen molar-refractivity contribution in [2.45, 2.75) is 12.6 Å². The number of piperazine rings is 1. The van der Waals surface area contributed by atoms with Gasteiger partial charge in [0.05, 0.1) is 12.3 Å². The Balaban J connectivity index is 2.44. The van der Waals surface area contributed by atoms with Gasteiger partial charge >= 0.3 is 6.18 Å². The first-order valence-electron chi connectivity index (χ1n) is 5.71. The summed E-state index contributed by atoms with van der Waals surface area (Å²) in [6.45, 7) is -0.244. The summed E-state index contributed by atoms with van der Waals surface area (Å²) in [5, 5.41) is 0. The van der Waals surface area contributed by atoms with E-state index in [0.29, 0.717) is 6.42 Å². The molecule has 0 aromatic rings. The lowest BCUT2D eigenvalue weighted by Gasteiger charge is -2.34. The predicted molar refractivity (Wildman–Crippen MR) is 61.5 cm³/mol. The van der Waals surface area contributed by atoms with E-state index in [-0.39, 0.29) is 38.5 Å². The van der Waals surface area contributed by atoms with E-state index >= 15 is 0 Å². The van der Waals surface area contributed by atoms with E-state index in [1.54, 1.807) is 0 Å². The van der Waals surface area contributed by atoms with Crippen LogP contribution in [0.3, 0.4) is 0 Å². The van der Waals surface area contributed by atoms with Gasteiger partial charge in [0.2, 0.25) is 10.0 Å². The summed E-state index contributed by atoms with van der Waals surface area (Å²) in [7, 11) is -3.37. The summed E-state index contributed by atoms with van der Waals surface area (Å²) in [5.41, 5.74) is 5.24. The molecule has 0 amide bonds. The number of hydrogen-bond acceptors (Lipinski definition) is 4. The van der Waals surface area contributed by atoms with E-state index < -0.39 is 22.7 Å². The minimum absolute atomic E-state index is 0.0389. The quantitative estimate of drug-likeness (QED) is 0.764. The van der Waals surface area contributed by atoms with Crippen LogP contribution in [0.5, 0.6) is 0 Å². The molecule has 1 aliphatic heterocycles. The molecule has 1 saturated heterocycles. The smallest absolute Gasteiger partial charge is 0.330 e. The summed E-state index contributed by atoms with van der Waals surface area (Å²) in [4.78, 5) is 1.22. The van der Waals surface area contributed by atoms with Gasteiger partial charge in [0.15, 0.2) is 0 Å². The number of nitrogens with two attached hydrogens (primary N) is 1. The zero-order valence-electron chi connectivity index (χ0n) is 9.99. The van der Waals surface area contributed by atoms with Gasteiger partial charge < -0.3 is 5.73 Å². The molecule has 1 aliphatic rings. The Labute approximate surface area is 105 Å². The SMILES string of the molecule is NCCCS(=O)(=O)N1CCN(CC(F)(F)F)CC1. The van der Waals surface area contributed by atoms with Gasteiger partial charge in [-0.3, -0.25) is 4.90 Å². The van der Waals surface area contributed by atoms with Crippen molar-refractivity contribution < 1.29 is 21.6 Å². The van der Waals surface area contributed by atoms with Gasteiger partial charge in [-0.15, -0.1) is 0 Å². The van der Waals surface area contributed by atoms with Crippen LogP contribution >= 0.6 is 0 Å². The van der Waals surface area contributed by atoms with Crippen LogP contribution in [0.25, 0.3) is 0 Å². The number of alkyl halides is 3. The van der Waals surface area contributed by atoms with Crippen LogP contribution in [0.1, 0.15) is 6.42 Å². The molecule has 0 atom stereocenters. The van der Waals surface area contributed by atoms with Crippen molar-refractivity contribution in [3.05, 3.63) is 0 Å². The maximum atomic E-state index is 12.2. The van der Waals surface area contributed by atoms with Crippen LogP contribution in [0.2, 0.25) is 0 Å². The standard InChI is InChI=1S/C9H18F3N3O2S/c10-9(11,12)8-14-3-5-15(6-4-14)18(16,17)7-1-2-13/h1-8,13H2. The van der Waals surface area contributed by atoms with E-state index in [1.165, 1.54) is 9.21 Å². The Morgan fingerprint density at radius 3 is 2.11 bits per heavy atom. The van der Waals surface area contributed by atoms with E-state index in [0.717, 1.165) is 0 Å². The van der Waals surface area contributed by atoms with Gasteiger partial charge in [-0.1, -0.05) is 0 Å². The van der Waals surface area contributed by atoms with Gasteiger partial charge in [-0.25, -0.2) is 8.42 Å². The molecule has 0 radical (unpaired) electrons. The highest BCUT2D eigenvalue weighted by molar-refractivity contribution is 7.89. The van der Waals surface area contributed by atoms with Crippen LogP contribution < -0.4 is 5.73 Å². The molecule has 2 N–H and O–H groups in total. The zero-order valence-corrected chi connectivity index (χ0v) is 10.8. The maximum Gasteiger partial charge on any atom is 0.401 e. The fraction of sp³-hybridized carbons (Fsp3) is 1.00. The Hall–Kier alpha value is -0.380. The lowest BCUT2D eigenvalue weighted by atomic mass is 10.3. The van der Waals surface area contributed by atoms with Gasteiger partial charge in [-0.05, 0) is 13.0 Å². The molecule has 1 heterocycles. The summed E-state index contributed by atoms with van der Waals surface area (Å²) >= 11 is 0. The monoisotopic (exact) mass is 289 g/mol. The lowest BCUT2D eigenvalue weighted by molar-refractivity contribution is -0.148. The average molecular weight is 289 g/mol. The Bertz CT molecular complexity index is 351. The Kier molecular flexibility index (Phi) is 5.38. The first-order valence-corrected chi connectivity index (χ1v) is 7.32. The number of halogens is 3. The van der Waals surface area contributed by atoms with Crippen molar-refractivity contribution in [1.29, 1.82) is 0 Å². The normalized spacial score (nSPS) is 20.2. The third-order valence-electron chi connectivity index (χ3n) is 2.73. The molecular formula is C9H18F3N3O2S. The second kappa shape index (κ2) is 6.18. The van der Waals surface area contributed by atoms with Gasteiger partial charge in [0.25, 0.3) is 0 Å². The third-order valence-corrected chi connectivity index (χ3v) is 4.69. The molecule has 5 nitrogen and oxygen atoms in total. The predicted octanol–water partition coefficient (Wildman–Crippen LogP) is -0.155. The fourth-order valence-electron chi connectivity index (χ4n) is 1.81. The molecule has 0 spiro atoms. The topological polar surface area (TPSA) is 66.6 Å². The van der Waals surface area contributed by atoms with Gasteiger partial charge in [0.1, 0.15) is 0 Å². The second-order valence-corrected chi connectivity index (χ2v) is 6.34. The number of hydrogen-bond donors (Lipinski definition) is 1. The molecule has 108 valence electrons. The summed E-state index contributed by atoms with van der Waals surface area (Å²) in [5.74, 6) is -0.0389. The fourth-order valence-corrected chi connectivity index (χ4v) is 3.32. The van der Waals surface area contributed by atoms with Crippen molar-refractivity contribution in [3.63, 3.8) is 0 Å². The van der Waals surface area contributed by atoms with E-state index in [2.05, 4.69) is 0 Å². The molecule has 0 unspecified atom stereocenters. The van der Waals surface area contributed by atoms with Crippen molar-refractivity contribution in [3.8, 4) is 0 Å². The highest BCUT2D eigenvalue weighted by Crippen LogP contribution is 2.18. The van der Waals surface area contributed by atoms with Crippen molar-refractivity contribution >= 4 is 10.0 Å². The van der Waals surface area contributed by atoms with Crippen LogP contribution in [-0.2, 0) is 10.0 Å². The van der Waals surface area contributed by atoms with E-state index in [1.807, 2.05) is 0 Å². The number of sulfonamides is 1. The highest BCUT2D eigenvalue weighted by atomic mass is 32.2. The van der Waals surface area contributed by atoms with E-state index in [4.69, 9.17) is 5.73 Å². The van der Waals surface area contributed by atoms with E-state index in [9.17, 15) is 21.6 Å². The molecule has 18 heavy (non-hydrogen) atoms. The lowest BCUT2D eigenvalue weighted by Crippen LogP contribution is -2.51. The molecule has 1 fully saturated rings. The van der Waals surface area contributed by atoms with Crippen LogP contribution in [-0.4, -0.2) is 68.8 Å². The molecular weight excluding hydrogens is 271 g/mol. The molecule has 0 saturated carbocycles. The summed E-state index contributed by atoms with van der Waals surface area (Å²) < 4.78 is 61.2. The zero-order chi connectivity index (χ0) is 13.8. The maximum absolute atomic E-state index is 12.2. The second-order valence-electron chi connectivity index (χ2n) is 4.25. The molecule has 0 bridgehead atoms. The minimum atomic E-state index is -4.24. The van der Waals surface area contributed by atoms with Gasteiger partial charge in [-0.2, -0.15) is 17.5 Å². The van der Waals surface area contributed by atoms with Crippen LogP contribution in [0, 0.1) is 0 Å². The Morgan fingerprint density at radius 2 is 1.67 bits per heavy atom. The first-order chi connectivity index (χ1) is 8.24. The molecule has 0 aromatic carbocycles. The van der Waals surface area contributed by atoms with Crippen molar-refractivity contribution in [2.24, 2.45) is 5.73 Å². The molecule has 9 heteroatoms. The number of rotatable bonds is 5. The average Bonchev–Trinajstić information content (AvgIpc) is 2.25.